The number of aromatic nitrogens is 5. The highest BCUT2D eigenvalue weighted by Gasteiger charge is 2.13. The molecule has 0 aliphatic rings. The van der Waals surface area contributed by atoms with Crippen LogP contribution in [-0.2, 0) is 0 Å². The minimum Gasteiger partial charge on any atom is -0.255 e. The van der Waals surface area contributed by atoms with Crippen LogP contribution in [0.15, 0.2) is 170 Å². The highest BCUT2D eigenvalue weighted by atomic mass is 19.1. The Morgan fingerprint density at radius 2 is 0.857 bits per heavy atom. The van der Waals surface area contributed by atoms with Gasteiger partial charge in [0.25, 0.3) is 0 Å². The molecular weight excluding hydrogens is 606 g/mol. The van der Waals surface area contributed by atoms with Crippen LogP contribution in [0.3, 0.4) is 0 Å². The maximum atomic E-state index is 13.7. The predicted molar refractivity (Wildman–Crippen MR) is 193 cm³/mol. The first-order valence-corrected chi connectivity index (χ1v) is 15.9. The topological polar surface area (TPSA) is 64.5 Å². The summed E-state index contributed by atoms with van der Waals surface area (Å²) in [4.78, 5) is 24.1. The second kappa shape index (κ2) is 13.2. The molecule has 232 valence electrons. The lowest BCUT2D eigenvalue weighted by Crippen LogP contribution is -1.96. The molecule has 0 saturated carbocycles. The normalized spacial score (nSPS) is 11.0. The molecule has 0 bridgehead atoms. The summed E-state index contributed by atoms with van der Waals surface area (Å²) in [5.74, 6) is 0.406. The molecule has 4 aromatic heterocycles. The van der Waals surface area contributed by atoms with Crippen molar-refractivity contribution in [2.24, 2.45) is 0 Å². The Labute approximate surface area is 283 Å². The minimum atomic E-state index is -0.279. The Morgan fingerprint density at radius 3 is 1.47 bits per heavy atom. The zero-order chi connectivity index (χ0) is 33.0. The van der Waals surface area contributed by atoms with Gasteiger partial charge in [0.2, 0.25) is 0 Å². The van der Waals surface area contributed by atoms with E-state index in [9.17, 15) is 4.39 Å². The van der Waals surface area contributed by atoms with E-state index in [-0.39, 0.29) is 5.82 Å². The smallest absolute Gasteiger partial charge is 0.160 e. The van der Waals surface area contributed by atoms with Crippen molar-refractivity contribution in [3.05, 3.63) is 176 Å². The van der Waals surface area contributed by atoms with Crippen molar-refractivity contribution in [3.63, 3.8) is 0 Å². The summed E-state index contributed by atoms with van der Waals surface area (Å²) < 4.78 is 13.7. The molecular formula is C43H28FN5. The molecule has 8 rings (SSSR count). The minimum absolute atomic E-state index is 0.279. The van der Waals surface area contributed by atoms with Gasteiger partial charge in [0, 0.05) is 34.6 Å². The highest BCUT2D eigenvalue weighted by molar-refractivity contribution is 5.77. The number of halogens is 1. The third-order valence-electron chi connectivity index (χ3n) is 8.30. The molecule has 0 radical (unpaired) electrons. The first kappa shape index (κ1) is 29.7. The van der Waals surface area contributed by atoms with Crippen LogP contribution >= 0.6 is 0 Å². The number of hydrogen-bond acceptors (Lipinski definition) is 5. The van der Waals surface area contributed by atoms with Crippen LogP contribution in [-0.4, -0.2) is 24.9 Å². The first-order valence-electron chi connectivity index (χ1n) is 15.9. The second-order valence-corrected chi connectivity index (χ2v) is 11.6. The van der Waals surface area contributed by atoms with Crippen molar-refractivity contribution in [2.45, 2.75) is 0 Å². The summed E-state index contributed by atoms with van der Waals surface area (Å²) in [6.07, 6.45) is 3.61. The van der Waals surface area contributed by atoms with Crippen LogP contribution in [0.5, 0.6) is 0 Å². The van der Waals surface area contributed by atoms with E-state index in [4.69, 9.17) is 19.9 Å². The van der Waals surface area contributed by atoms with Crippen LogP contribution in [0.25, 0.3) is 78.9 Å². The van der Waals surface area contributed by atoms with Crippen molar-refractivity contribution in [2.75, 3.05) is 0 Å². The van der Waals surface area contributed by atoms with Crippen molar-refractivity contribution >= 4 is 0 Å². The number of nitrogens with zero attached hydrogens (tertiary/aromatic N) is 5. The van der Waals surface area contributed by atoms with Gasteiger partial charge in [-0.2, -0.15) is 0 Å². The van der Waals surface area contributed by atoms with Gasteiger partial charge < -0.3 is 0 Å². The van der Waals surface area contributed by atoms with Crippen LogP contribution in [0, 0.1) is 5.82 Å². The lowest BCUT2D eigenvalue weighted by atomic mass is 10.0. The molecule has 49 heavy (non-hydrogen) atoms. The number of hydrogen-bond donors (Lipinski definition) is 0. The van der Waals surface area contributed by atoms with E-state index in [2.05, 4.69) is 47.4 Å². The molecule has 4 aromatic carbocycles. The molecule has 0 unspecified atom stereocenters. The van der Waals surface area contributed by atoms with Crippen molar-refractivity contribution in [1.29, 1.82) is 0 Å². The SMILES string of the molecule is Fc1ccc(-c2cc(-c3ccccn3)nc(-c3ccc(-c4ccc(-c5cc(-c6ccccc6)nc(-c6ccccc6)n5)cc4)cn3)c2)cc1. The summed E-state index contributed by atoms with van der Waals surface area (Å²) in [6, 6.07) is 50.8. The summed E-state index contributed by atoms with van der Waals surface area (Å²) in [5.41, 5.74) is 11.4. The average molecular weight is 634 g/mol. The standard InChI is InChI=1S/C43H28FN5/c44-36-21-18-30(19-22-36)35-25-41(37-13-7-8-24-45-37)47-42(26-35)38-23-20-34(28-46-38)29-14-16-32(17-15-29)40-27-39(31-9-3-1-4-10-31)48-43(49-40)33-11-5-2-6-12-33/h1-28H. The molecule has 6 heteroatoms. The van der Waals surface area contributed by atoms with Gasteiger partial charge in [-0.25, -0.2) is 19.3 Å². The average Bonchev–Trinajstić information content (AvgIpc) is 3.19. The quantitative estimate of drug-likeness (QED) is 0.175. The van der Waals surface area contributed by atoms with Gasteiger partial charge in [0.1, 0.15) is 5.82 Å². The Kier molecular flexibility index (Phi) is 8.02. The second-order valence-electron chi connectivity index (χ2n) is 11.6. The zero-order valence-corrected chi connectivity index (χ0v) is 26.3. The fourth-order valence-electron chi connectivity index (χ4n) is 5.73. The lowest BCUT2D eigenvalue weighted by molar-refractivity contribution is 0.628. The number of benzene rings is 4. The molecule has 0 N–H and O–H groups in total. The van der Waals surface area contributed by atoms with E-state index < -0.39 is 0 Å². The highest BCUT2D eigenvalue weighted by Crippen LogP contribution is 2.32. The molecule has 0 saturated heterocycles. The van der Waals surface area contributed by atoms with Gasteiger partial charge in [-0.1, -0.05) is 109 Å². The van der Waals surface area contributed by atoms with Gasteiger partial charge in [-0.3, -0.25) is 9.97 Å². The maximum absolute atomic E-state index is 13.7. The van der Waals surface area contributed by atoms with Crippen LogP contribution in [0.2, 0.25) is 0 Å². The van der Waals surface area contributed by atoms with E-state index in [0.29, 0.717) is 11.5 Å². The van der Waals surface area contributed by atoms with Crippen molar-refractivity contribution < 1.29 is 4.39 Å². The van der Waals surface area contributed by atoms with Gasteiger partial charge in [-0.05, 0) is 65.2 Å². The van der Waals surface area contributed by atoms with E-state index in [1.807, 2.05) is 97.2 Å². The van der Waals surface area contributed by atoms with Crippen molar-refractivity contribution in [1.82, 2.24) is 24.9 Å². The molecule has 0 aliphatic heterocycles. The molecule has 0 aliphatic carbocycles. The van der Waals surface area contributed by atoms with E-state index in [1.165, 1.54) is 12.1 Å². The largest absolute Gasteiger partial charge is 0.255 e. The monoisotopic (exact) mass is 633 g/mol. The Bertz CT molecular complexity index is 2290. The first-order chi connectivity index (χ1) is 24.2. The van der Waals surface area contributed by atoms with Gasteiger partial charge >= 0.3 is 0 Å². The Balaban J connectivity index is 1.11. The maximum Gasteiger partial charge on any atom is 0.160 e. The zero-order valence-electron chi connectivity index (χ0n) is 26.3. The summed E-state index contributed by atoms with van der Waals surface area (Å²) in [6.45, 7) is 0. The van der Waals surface area contributed by atoms with E-state index >= 15 is 0 Å². The van der Waals surface area contributed by atoms with Gasteiger partial charge in [0.05, 0.1) is 34.2 Å². The van der Waals surface area contributed by atoms with Gasteiger partial charge in [-0.15, -0.1) is 0 Å². The van der Waals surface area contributed by atoms with Crippen LogP contribution in [0.4, 0.5) is 4.39 Å². The number of pyridine rings is 3. The summed E-state index contributed by atoms with van der Waals surface area (Å²) in [7, 11) is 0. The van der Waals surface area contributed by atoms with E-state index in [1.54, 1.807) is 18.3 Å². The van der Waals surface area contributed by atoms with Crippen molar-refractivity contribution in [3.8, 4) is 78.9 Å². The molecule has 0 spiro atoms. The molecule has 8 aromatic rings. The predicted octanol–water partition coefficient (Wildman–Crippen LogP) is 10.5. The summed E-state index contributed by atoms with van der Waals surface area (Å²) >= 11 is 0. The fourth-order valence-corrected chi connectivity index (χ4v) is 5.73. The third-order valence-corrected chi connectivity index (χ3v) is 8.30. The summed E-state index contributed by atoms with van der Waals surface area (Å²) in [5, 5.41) is 0. The Morgan fingerprint density at radius 1 is 0.327 bits per heavy atom. The van der Waals surface area contributed by atoms with Crippen LogP contribution < -0.4 is 0 Å². The van der Waals surface area contributed by atoms with Crippen LogP contribution in [0.1, 0.15) is 0 Å². The van der Waals surface area contributed by atoms with E-state index in [0.717, 1.165) is 67.4 Å². The fraction of sp³-hybridized carbons (Fsp3) is 0. The third kappa shape index (κ3) is 6.48. The number of rotatable bonds is 7. The molecule has 4 heterocycles. The Hall–Kier alpha value is -6.66. The molecule has 5 nitrogen and oxygen atoms in total. The lowest BCUT2D eigenvalue weighted by Gasteiger charge is -2.11. The van der Waals surface area contributed by atoms with Gasteiger partial charge in [0.15, 0.2) is 5.82 Å². The molecule has 0 atom stereocenters. The molecule has 0 fully saturated rings. The molecule has 0 amide bonds.